The van der Waals surface area contributed by atoms with Crippen LogP contribution in [0.15, 0.2) is 84.5 Å². The van der Waals surface area contributed by atoms with Crippen molar-refractivity contribution in [3.05, 3.63) is 101 Å². The number of hydrogen-bond donors (Lipinski definition) is 2. The van der Waals surface area contributed by atoms with E-state index in [1.165, 1.54) is 46.3 Å². The van der Waals surface area contributed by atoms with Gasteiger partial charge in [0.25, 0.3) is 0 Å². The van der Waals surface area contributed by atoms with Crippen molar-refractivity contribution in [1.29, 1.82) is 0 Å². The molecule has 0 spiro atoms. The second kappa shape index (κ2) is 12.8. The molecule has 0 atom stereocenters. The van der Waals surface area contributed by atoms with Gasteiger partial charge in [-0.2, -0.15) is 0 Å². The normalized spacial score (nSPS) is 18.0. The van der Waals surface area contributed by atoms with Gasteiger partial charge in [0.05, 0.1) is 6.61 Å². The zero-order chi connectivity index (χ0) is 24.5. The van der Waals surface area contributed by atoms with Crippen LogP contribution in [0.5, 0.6) is 0 Å². The van der Waals surface area contributed by atoms with Crippen molar-refractivity contribution in [3.63, 3.8) is 0 Å². The predicted molar refractivity (Wildman–Crippen MR) is 148 cm³/mol. The van der Waals surface area contributed by atoms with Crippen molar-refractivity contribution in [3.8, 4) is 0 Å². The van der Waals surface area contributed by atoms with Gasteiger partial charge in [-0.3, -0.25) is 4.90 Å². The summed E-state index contributed by atoms with van der Waals surface area (Å²) in [5.41, 5.74) is 8.63. The molecular formula is C32H39NO2. The topological polar surface area (TPSA) is 43.7 Å². The van der Waals surface area contributed by atoms with E-state index in [-0.39, 0.29) is 13.2 Å². The molecule has 1 aliphatic heterocycles. The van der Waals surface area contributed by atoms with E-state index in [1.54, 1.807) is 0 Å². The van der Waals surface area contributed by atoms with Crippen molar-refractivity contribution in [2.45, 2.75) is 51.5 Å². The van der Waals surface area contributed by atoms with Crippen molar-refractivity contribution >= 4 is 16.7 Å². The van der Waals surface area contributed by atoms with Gasteiger partial charge in [0.1, 0.15) is 0 Å². The first kappa shape index (κ1) is 25.4. The van der Waals surface area contributed by atoms with Gasteiger partial charge in [-0.05, 0) is 77.5 Å². The van der Waals surface area contributed by atoms with Crippen LogP contribution in [0, 0.1) is 0 Å². The van der Waals surface area contributed by atoms with Gasteiger partial charge in [-0.25, -0.2) is 0 Å². The van der Waals surface area contributed by atoms with E-state index in [1.807, 2.05) is 18.2 Å². The Morgan fingerprint density at radius 2 is 1.77 bits per heavy atom. The van der Waals surface area contributed by atoms with Crippen molar-refractivity contribution in [1.82, 2.24) is 4.90 Å². The van der Waals surface area contributed by atoms with E-state index in [0.717, 1.165) is 44.0 Å². The fourth-order valence-electron chi connectivity index (χ4n) is 5.05. The van der Waals surface area contributed by atoms with Crippen molar-refractivity contribution < 1.29 is 10.2 Å². The minimum atomic E-state index is 0.0105. The molecule has 3 heteroatoms. The van der Waals surface area contributed by atoms with Gasteiger partial charge in [0.2, 0.25) is 0 Å². The standard InChI is InChI=1S/C32H39NO2/c1-2-8-28(11-6-23-34)32(31(12-7-24-35)27-9-4-3-5-10-27)29-15-13-25(14-16-29)26-19-21-33(22-20-26)30-17-18-30/h3-6,8-11,13-16,19,30,34-35H,2,7,12,17-18,20-24H2,1H3/b11-6-,28-8+,32-31-. The molecule has 0 amide bonds. The molecule has 184 valence electrons. The summed E-state index contributed by atoms with van der Waals surface area (Å²) in [5.74, 6) is 0. The molecule has 1 saturated carbocycles. The van der Waals surface area contributed by atoms with E-state index < -0.39 is 0 Å². The minimum absolute atomic E-state index is 0.0105. The van der Waals surface area contributed by atoms with Gasteiger partial charge in [-0.1, -0.05) is 85.8 Å². The maximum Gasteiger partial charge on any atom is 0.0615 e. The summed E-state index contributed by atoms with van der Waals surface area (Å²) in [7, 11) is 0. The summed E-state index contributed by atoms with van der Waals surface area (Å²) in [6.45, 7) is 4.55. The van der Waals surface area contributed by atoms with Gasteiger partial charge in [0.15, 0.2) is 0 Å². The van der Waals surface area contributed by atoms with Crippen LogP contribution in [0.2, 0.25) is 0 Å². The molecule has 0 aromatic heterocycles. The zero-order valence-electron chi connectivity index (χ0n) is 21.0. The zero-order valence-corrected chi connectivity index (χ0v) is 21.0. The third-order valence-corrected chi connectivity index (χ3v) is 6.97. The third-order valence-electron chi connectivity index (χ3n) is 6.97. The lowest BCUT2D eigenvalue weighted by Gasteiger charge is -2.26. The van der Waals surface area contributed by atoms with Crippen LogP contribution >= 0.6 is 0 Å². The second-order valence-corrected chi connectivity index (χ2v) is 9.48. The Bertz CT molecular complexity index is 1070. The molecule has 1 fully saturated rings. The highest BCUT2D eigenvalue weighted by atomic mass is 16.3. The fraction of sp³-hybridized carbons (Fsp3) is 0.375. The lowest BCUT2D eigenvalue weighted by Crippen LogP contribution is -2.30. The predicted octanol–water partition coefficient (Wildman–Crippen LogP) is 6.51. The Labute approximate surface area is 210 Å². The number of hydrogen-bond acceptors (Lipinski definition) is 3. The quantitative estimate of drug-likeness (QED) is 0.291. The summed E-state index contributed by atoms with van der Waals surface area (Å²) < 4.78 is 0. The average Bonchev–Trinajstić information content (AvgIpc) is 3.76. The van der Waals surface area contributed by atoms with E-state index in [4.69, 9.17) is 0 Å². The lowest BCUT2D eigenvalue weighted by molar-refractivity contribution is 0.290. The van der Waals surface area contributed by atoms with Gasteiger partial charge in [-0.15, -0.1) is 0 Å². The summed E-state index contributed by atoms with van der Waals surface area (Å²) in [6.07, 6.45) is 14.7. The Hall–Kier alpha value is -2.72. The van der Waals surface area contributed by atoms with Crippen LogP contribution in [0.1, 0.15) is 62.1 Å². The SMILES string of the molecule is CC/C=C(\C=C/CO)C(=C(\CCCO)c1ccccc1)/c1ccc(C2=CCN(C3CC3)CC2)cc1. The van der Waals surface area contributed by atoms with Crippen molar-refractivity contribution in [2.75, 3.05) is 26.3 Å². The molecule has 2 aromatic carbocycles. The number of rotatable bonds is 11. The first-order valence-electron chi connectivity index (χ1n) is 13.2. The molecule has 0 bridgehead atoms. The summed E-state index contributed by atoms with van der Waals surface area (Å²) >= 11 is 0. The molecule has 2 N–H and O–H groups in total. The molecule has 0 unspecified atom stereocenters. The van der Waals surface area contributed by atoms with E-state index >= 15 is 0 Å². The summed E-state index contributed by atoms with van der Waals surface area (Å²) in [5, 5.41) is 19.1. The molecule has 0 radical (unpaired) electrons. The highest BCUT2D eigenvalue weighted by molar-refractivity contribution is 5.99. The lowest BCUT2D eigenvalue weighted by atomic mass is 9.85. The summed E-state index contributed by atoms with van der Waals surface area (Å²) in [4.78, 5) is 2.61. The maximum absolute atomic E-state index is 9.64. The molecule has 2 aromatic rings. The smallest absolute Gasteiger partial charge is 0.0615 e. The molecule has 2 aliphatic rings. The highest BCUT2D eigenvalue weighted by Crippen LogP contribution is 2.37. The number of aliphatic hydroxyl groups is 2. The van der Waals surface area contributed by atoms with Crippen LogP contribution in [0.3, 0.4) is 0 Å². The number of aliphatic hydroxyl groups excluding tert-OH is 2. The fourth-order valence-corrected chi connectivity index (χ4v) is 5.05. The van der Waals surface area contributed by atoms with E-state index in [2.05, 4.69) is 72.5 Å². The van der Waals surface area contributed by atoms with Gasteiger partial charge >= 0.3 is 0 Å². The Balaban J connectivity index is 1.75. The third kappa shape index (κ3) is 6.70. The maximum atomic E-state index is 9.64. The molecular weight excluding hydrogens is 430 g/mol. The van der Waals surface area contributed by atoms with Gasteiger partial charge < -0.3 is 10.2 Å². The average molecular weight is 470 g/mol. The van der Waals surface area contributed by atoms with Crippen molar-refractivity contribution in [2.24, 2.45) is 0 Å². The molecule has 1 aliphatic carbocycles. The van der Waals surface area contributed by atoms with E-state index in [9.17, 15) is 10.2 Å². The number of nitrogens with zero attached hydrogens (tertiary/aromatic N) is 1. The van der Waals surface area contributed by atoms with Crippen LogP contribution in [0.25, 0.3) is 16.7 Å². The minimum Gasteiger partial charge on any atom is -0.396 e. The highest BCUT2D eigenvalue weighted by Gasteiger charge is 2.29. The Morgan fingerprint density at radius 1 is 1.00 bits per heavy atom. The largest absolute Gasteiger partial charge is 0.396 e. The first-order valence-corrected chi connectivity index (χ1v) is 13.2. The molecule has 35 heavy (non-hydrogen) atoms. The monoisotopic (exact) mass is 469 g/mol. The van der Waals surface area contributed by atoms with Crippen LogP contribution in [-0.2, 0) is 0 Å². The Morgan fingerprint density at radius 3 is 2.37 bits per heavy atom. The summed E-state index contributed by atoms with van der Waals surface area (Å²) in [6, 6.07) is 20.3. The van der Waals surface area contributed by atoms with E-state index in [0.29, 0.717) is 6.42 Å². The Kier molecular flexibility index (Phi) is 9.30. The van der Waals surface area contributed by atoms with Gasteiger partial charge in [0, 0.05) is 25.7 Å². The van der Waals surface area contributed by atoms with Crippen LogP contribution in [-0.4, -0.2) is 47.5 Å². The van der Waals surface area contributed by atoms with Crippen LogP contribution < -0.4 is 0 Å². The molecule has 4 rings (SSSR count). The second-order valence-electron chi connectivity index (χ2n) is 9.48. The molecule has 3 nitrogen and oxygen atoms in total. The first-order chi connectivity index (χ1) is 17.2. The molecule has 1 heterocycles. The number of benzene rings is 2. The number of allylic oxidation sites excluding steroid dienone is 5. The molecule has 0 saturated heterocycles. The van der Waals surface area contributed by atoms with Crippen LogP contribution in [0.4, 0.5) is 0 Å².